The molecule has 3 rings (SSSR count). The van der Waals surface area contributed by atoms with E-state index in [2.05, 4.69) is 61.7 Å². The molecule has 6 nitrogen and oxygen atoms in total. The van der Waals surface area contributed by atoms with E-state index in [1.807, 2.05) is 0 Å². The van der Waals surface area contributed by atoms with Crippen LogP contribution in [0.1, 0.15) is 37.3 Å². The Morgan fingerprint density at radius 1 is 1.29 bits per heavy atom. The average Bonchev–Trinajstić information content (AvgIpc) is 3.36. The van der Waals surface area contributed by atoms with E-state index < -0.39 is 0 Å². The molecular formula is C22H36N4O2. The Hall–Kier alpha value is -1.79. The number of hydrogen-bond donors (Lipinski definition) is 2. The summed E-state index contributed by atoms with van der Waals surface area (Å²) < 4.78 is 11.7. The molecule has 2 N–H and O–H groups in total. The Balaban J connectivity index is 1.64. The van der Waals surface area contributed by atoms with E-state index in [1.165, 1.54) is 18.4 Å². The first kappa shape index (κ1) is 20.9. The summed E-state index contributed by atoms with van der Waals surface area (Å²) in [6.07, 6.45) is 3.78. The number of nitrogens with zero attached hydrogens (tertiary/aromatic N) is 2. The number of nitrogens with one attached hydrogen (secondary N) is 2. The topological polar surface area (TPSA) is 58.1 Å². The van der Waals surface area contributed by atoms with Crippen LogP contribution in [0.4, 0.5) is 0 Å². The van der Waals surface area contributed by atoms with Crippen molar-refractivity contribution >= 4 is 5.96 Å². The lowest BCUT2D eigenvalue weighted by Gasteiger charge is -2.25. The van der Waals surface area contributed by atoms with Gasteiger partial charge in [-0.15, -0.1) is 0 Å². The van der Waals surface area contributed by atoms with Gasteiger partial charge in [0.2, 0.25) is 0 Å². The van der Waals surface area contributed by atoms with Crippen LogP contribution in [-0.4, -0.2) is 63.4 Å². The van der Waals surface area contributed by atoms with Crippen molar-refractivity contribution in [3.8, 4) is 5.75 Å². The van der Waals surface area contributed by atoms with Gasteiger partial charge < -0.3 is 25.0 Å². The summed E-state index contributed by atoms with van der Waals surface area (Å²) in [6.45, 7) is 8.01. The fourth-order valence-corrected chi connectivity index (χ4v) is 3.65. The third-order valence-corrected chi connectivity index (χ3v) is 5.46. The molecule has 0 aromatic heterocycles. The highest BCUT2D eigenvalue weighted by molar-refractivity contribution is 5.79. The number of likely N-dealkylation sites (N-methyl/N-ethyl adjacent to an activating group) is 1. The summed E-state index contributed by atoms with van der Waals surface area (Å²) in [4.78, 5) is 7.15. The molecule has 28 heavy (non-hydrogen) atoms. The molecule has 2 aliphatic rings. The van der Waals surface area contributed by atoms with Crippen molar-refractivity contribution in [2.75, 3.05) is 40.4 Å². The van der Waals surface area contributed by atoms with Crippen LogP contribution >= 0.6 is 0 Å². The van der Waals surface area contributed by atoms with Gasteiger partial charge in [-0.1, -0.05) is 12.1 Å². The second-order valence-corrected chi connectivity index (χ2v) is 8.16. The standard InChI is InChI=1S/C22H36N4O2/c1-5-23-22(25-14-20(26(3)4)17-8-9-17)24-13-18-7-6-16(2)12-21(18)28-19-10-11-27-15-19/h6-7,12,17,19-20H,5,8-11,13-15H2,1-4H3,(H2,23,24,25). The second-order valence-electron chi connectivity index (χ2n) is 8.16. The van der Waals surface area contributed by atoms with Crippen molar-refractivity contribution in [3.05, 3.63) is 29.3 Å². The summed E-state index contributed by atoms with van der Waals surface area (Å²) in [5, 5.41) is 6.90. The first-order chi connectivity index (χ1) is 13.6. The van der Waals surface area contributed by atoms with E-state index in [4.69, 9.17) is 14.5 Å². The first-order valence-corrected chi connectivity index (χ1v) is 10.6. The van der Waals surface area contributed by atoms with Gasteiger partial charge in [-0.2, -0.15) is 0 Å². The van der Waals surface area contributed by atoms with E-state index in [0.29, 0.717) is 19.2 Å². The molecule has 0 amide bonds. The zero-order valence-corrected chi connectivity index (χ0v) is 17.8. The molecule has 6 heteroatoms. The van der Waals surface area contributed by atoms with Crippen molar-refractivity contribution < 1.29 is 9.47 Å². The molecule has 0 spiro atoms. The van der Waals surface area contributed by atoms with Gasteiger partial charge in [0.25, 0.3) is 0 Å². The van der Waals surface area contributed by atoms with Crippen molar-refractivity contribution in [2.24, 2.45) is 10.9 Å². The zero-order chi connectivity index (χ0) is 19.9. The molecule has 1 aliphatic heterocycles. The number of guanidine groups is 1. The summed E-state index contributed by atoms with van der Waals surface area (Å²) in [7, 11) is 4.33. The minimum absolute atomic E-state index is 0.148. The van der Waals surface area contributed by atoms with Crippen molar-refractivity contribution in [2.45, 2.75) is 51.8 Å². The van der Waals surface area contributed by atoms with Crippen LogP contribution in [-0.2, 0) is 11.3 Å². The summed E-state index contributed by atoms with van der Waals surface area (Å²) in [5.74, 6) is 2.61. The van der Waals surface area contributed by atoms with Crippen LogP contribution in [0, 0.1) is 12.8 Å². The Morgan fingerprint density at radius 3 is 2.75 bits per heavy atom. The third kappa shape index (κ3) is 6.11. The predicted molar refractivity (Wildman–Crippen MR) is 114 cm³/mol. The van der Waals surface area contributed by atoms with E-state index in [9.17, 15) is 0 Å². The minimum Gasteiger partial charge on any atom is -0.488 e. The maximum absolute atomic E-state index is 6.21. The number of aryl methyl sites for hydroxylation is 1. The van der Waals surface area contributed by atoms with Gasteiger partial charge in [0.1, 0.15) is 11.9 Å². The van der Waals surface area contributed by atoms with Crippen molar-refractivity contribution in [3.63, 3.8) is 0 Å². The van der Waals surface area contributed by atoms with Crippen LogP contribution in [0.3, 0.4) is 0 Å². The highest BCUT2D eigenvalue weighted by atomic mass is 16.5. The van der Waals surface area contributed by atoms with Crippen LogP contribution < -0.4 is 15.4 Å². The van der Waals surface area contributed by atoms with Gasteiger partial charge in [-0.3, -0.25) is 0 Å². The number of hydrogen-bond acceptors (Lipinski definition) is 4. The SMILES string of the molecule is CCNC(=NCc1ccc(C)cc1OC1CCOC1)NCC(C1CC1)N(C)C. The first-order valence-electron chi connectivity index (χ1n) is 10.6. The molecular weight excluding hydrogens is 352 g/mol. The Bertz CT molecular complexity index is 650. The van der Waals surface area contributed by atoms with Gasteiger partial charge in [-0.05, 0) is 58.3 Å². The minimum atomic E-state index is 0.148. The van der Waals surface area contributed by atoms with E-state index >= 15 is 0 Å². The maximum Gasteiger partial charge on any atom is 0.191 e. The second kappa shape index (κ2) is 10.1. The molecule has 0 bridgehead atoms. The normalized spacial score (nSPS) is 21.0. The summed E-state index contributed by atoms with van der Waals surface area (Å²) in [5.41, 5.74) is 2.31. The molecule has 1 aliphatic carbocycles. The Labute approximate surface area is 169 Å². The molecule has 2 unspecified atom stereocenters. The average molecular weight is 389 g/mol. The maximum atomic E-state index is 6.21. The van der Waals surface area contributed by atoms with Crippen LogP contribution in [0.15, 0.2) is 23.2 Å². The molecule has 156 valence electrons. The quantitative estimate of drug-likeness (QED) is 0.503. The van der Waals surface area contributed by atoms with Crippen molar-refractivity contribution in [1.29, 1.82) is 0 Å². The van der Waals surface area contributed by atoms with Crippen LogP contribution in [0.25, 0.3) is 0 Å². The number of rotatable bonds is 9. The lowest BCUT2D eigenvalue weighted by molar-refractivity contribution is 0.140. The third-order valence-electron chi connectivity index (χ3n) is 5.46. The number of benzene rings is 1. The molecule has 1 aromatic carbocycles. The van der Waals surface area contributed by atoms with Gasteiger partial charge >= 0.3 is 0 Å². The molecule has 1 heterocycles. The van der Waals surface area contributed by atoms with Gasteiger partial charge in [0.05, 0.1) is 19.8 Å². The van der Waals surface area contributed by atoms with E-state index in [-0.39, 0.29) is 6.10 Å². The molecule has 1 saturated carbocycles. The number of ether oxygens (including phenoxy) is 2. The molecule has 1 aromatic rings. The highest BCUT2D eigenvalue weighted by Crippen LogP contribution is 2.34. The van der Waals surface area contributed by atoms with E-state index in [1.54, 1.807) is 0 Å². The Kier molecular flexibility index (Phi) is 7.57. The van der Waals surface area contributed by atoms with Gasteiger partial charge in [-0.25, -0.2) is 4.99 Å². The molecule has 2 fully saturated rings. The lowest BCUT2D eigenvalue weighted by Crippen LogP contribution is -2.46. The van der Waals surface area contributed by atoms with Crippen LogP contribution in [0.5, 0.6) is 5.75 Å². The largest absolute Gasteiger partial charge is 0.488 e. The molecule has 2 atom stereocenters. The van der Waals surface area contributed by atoms with Crippen molar-refractivity contribution in [1.82, 2.24) is 15.5 Å². The molecule has 1 saturated heterocycles. The fraction of sp³-hybridized carbons (Fsp3) is 0.682. The number of aliphatic imine (C=N–C) groups is 1. The summed E-state index contributed by atoms with van der Waals surface area (Å²) in [6, 6.07) is 6.92. The monoisotopic (exact) mass is 388 g/mol. The Morgan fingerprint density at radius 2 is 2.11 bits per heavy atom. The smallest absolute Gasteiger partial charge is 0.191 e. The van der Waals surface area contributed by atoms with E-state index in [0.717, 1.165) is 49.3 Å². The van der Waals surface area contributed by atoms with Gasteiger partial charge in [0.15, 0.2) is 5.96 Å². The summed E-state index contributed by atoms with van der Waals surface area (Å²) >= 11 is 0. The predicted octanol–water partition coefficient (Wildman–Crippen LogP) is 2.56. The zero-order valence-electron chi connectivity index (χ0n) is 17.8. The fourth-order valence-electron chi connectivity index (χ4n) is 3.65. The van der Waals surface area contributed by atoms with Gasteiger partial charge in [0, 0.05) is 31.1 Å². The molecule has 0 radical (unpaired) electrons. The highest BCUT2D eigenvalue weighted by Gasteiger charge is 2.32. The van der Waals surface area contributed by atoms with Crippen LogP contribution in [0.2, 0.25) is 0 Å². The lowest BCUT2D eigenvalue weighted by atomic mass is 10.1.